The Kier molecular flexibility index (Phi) is 7.70. The van der Waals surface area contributed by atoms with E-state index in [-0.39, 0.29) is 0 Å². The van der Waals surface area contributed by atoms with E-state index in [0.29, 0.717) is 23.1 Å². The van der Waals surface area contributed by atoms with E-state index < -0.39 is 0 Å². The first kappa shape index (κ1) is 22.4. The molecule has 0 aliphatic heterocycles. The van der Waals surface area contributed by atoms with Crippen LogP contribution in [0.3, 0.4) is 0 Å². The minimum atomic E-state index is 0.398. The third kappa shape index (κ3) is 6.58. The van der Waals surface area contributed by atoms with E-state index in [1.807, 2.05) is 0 Å². The van der Waals surface area contributed by atoms with Gasteiger partial charge in [-0.2, -0.15) is 0 Å². The van der Waals surface area contributed by atoms with Crippen LogP contribution in [0.5, 0.6) is 0 Å². The number of nitrogens with one attached hydrogen (secondary N) is 3. The molecular weight excluding hydrogens is 408 g/mol. The zero-order valence-electron chi connectivity index (χ0n) is 18.7. The smallest absolute Gasteiger partial charge is 0.126 e. The number of benzene rings is 1. The van der Waals surface area contributed by atoms with E-state index in [1.54, 1.807) is 13.3 Å². The van der Waals surface area contributed by atoms with Gasteiger partial charge in [-0.05, 0) is 75.1 Å². The quantitative estimate of drug-likeness (QED) is 0.449. The molecular formula is C25H35ClN4O. The van der Waals surface area contributed by atoms with E-state index in [4.69, 9.17) is 16.3 Å². The van der Waals surface area contributed by atoms with Gasteiger partial charge in [0.2, 0.25) is 0 Å². The summed E-state index contributed by atoms with van der Waals surface area (Å²) in [5, 5.41) is 11.6. The second kappa shape index (κ2) is 10.7. The summed E-state index contributed by atoms with van der Waals surface area (Å²) in [7, 11) is 1.76. The molecule has 3 N–H and O–H groups in total. The maximum Gasteiger partial charge on any atom is 0.126 e. The highest BCUT2D eigenvalue weighted by atomic mass is 35.5. The number of hydrogen-bond acceptors (Lipinski definition) is 5. The van der Waals surface area contributed by atoms with Crippen LogP contribution >= 0.6 is 11.6 Å². The van der Waals surface area contributed by atoms with E-state index in [1.165, 1.54) is 25.7 Å². The van der Waals surface area contributed by atoms with Crippen molar-refractivity contribution in [2.45, 2.75) is 63.6 Å². The first-order valence-corrected chi connectivity index (χ1v) is 12.0. The van der Waals surface area contributed by atoms with Crippen molar-refractivity contribution in [1.82, 2.24) is 10.3 Å². The number of rotatable bonds is 10. The van der Waals surface area contributed by atoms with Crippen molar-refractivity contribution in [3.05, 3.63) is 41.6 Å². The van der Waals surface area contributed by atoms with Crippen LogP contribution in [0.1, 0.15) is 45.4 Å². The number of ether oxygens (including phenoxy) is 1. The van der Waals surface area contributed by atoms with E-state index in [0.717, 1.165) is 54.5 Å². The van der Waals surface area contributed by atoms with Gasteiger partial charge in [0.1, 0.15) is 5.82 Å². The first-order valence-electron chi connectivity index (χ1n) is 11.6. The number of nitrogens with zero attached hydrogens (tertiary/aromatic N) is 1. The van der Waals surface area contributed by atoms with Crippen LogP contribution in [0, 0.1) is 5.92 Å². The molecule has 1 heterocycles. The fourth-order valence-electron chi connectivity index (χ4n) is 4.43. The van der Waals surface area contributed by atoms with Crippen LogP contribution in [0.15, 0.2) is 36.5 Å². The van der Waals surface area contributed by atoms with Gasteiger partial charge in [0.25, 0.3) is 0 Å². The Hall–Kier alpha value is -1.82. The summed E-state index contributed by atoms with van der Waals surface area (Å²) in [5.74, 6) is 1.75. The largest absolute Gasteiger partial charge is 0.385 e. The maximum atomic E-state index is 6.53. The van der Waals surface area contributed by atoms with Crippen molar-refractivity contribution in [1.29, 1.82) is 0 Å². The van der Waals surface area contributed by atoms with Gasteiger partial charge in [-0.15, -0.1) is 0 Å². The van der Waals surface area contributed by atoms with Crippen LogP contribution in [0.2, 0.25) is 5.02 Å². The van der Waals surface area contributed by atoms with E-state index in [9.17, 15) is 0 Å². The Balaban J connectivity index is 1.35. The fraction of sp³-hybridized carbons (Fsp3) is 0.560. The third-order valence-corrected chi connectivity index (χ3v) is 6.64. The molecule has 0 spiro atoms. The van der Waals surface area contributed by atoms with Gasteiger partial charge in [0, 0.05) is 49.2 Å². The molecule has 1 atom stereocenters. The molecule has 0 saturated heterocycles. The number of anilines is 2. The summed E-state index contributed by atoms with van der Waals surface area (Å²) < 4.78 is 5.24. The summed E-state index contributed by atoms with van der Waals surface area (Å²) in [6.45, 7) is 4.00. The van der Waals surface area contributed by atoms with Crippen LogP contribution in [0.25, 0.3) is 11.1 Å². The summed E-state index contributed by atoms with van der Waals surface area (Å²) in [6, 6.07) is 12.0. The summed E-state index contributed by atoms with van der Waals surface area (Å²) in [5.41, 5.74) is 3.30. The monoisotopic (exact) mass is 442 g/mol. The summed E-state index contributed by atoms with van der Waals surface area (Å²) in [6.07, 6.45) is 9.07. The highest BCUT2D eigenvalue weighted by molar-refractivity contribution is 6.33. The average Bonchev–Trinajstić information content (AvgIpc) is 3.60. The van der Waals surface area contributed by atoms with Crippen LogP contribution in [0.4, 0.5) is 11.5 Å². The first-order chi connectivity index (χ1) is 15.1. The standard InChI is InChI=1S/C25H35ClN4O/c1-17(16-31-2)29-20-8-10-21(11-9-20)30-25-13-23(24(26)15-28-25)19-4-3-5-22(12-19)27-14-18-6-7-18/h3-5,12-13,15,17-18,20-21,27,29H,6-11,14,16H2,1-2H3,(H,28,30). The van der Waals surface area contributed by atoms with Crippen molar-refractivity contribution in [3.63, 3.8) is 0 Å². The lowest BCUT2D eigenvalue weighted by molar-refractivity contribution is 0.161. The molecule has 4 rings (SSSR count). The van der Waals surface area contributed by atoms with Gasteiger partial charge in [0.15, 0.2) is 0 Å². The molecule has 0 radical (unpaired) electrons. The molecule has 1 aromatic heterocycles. The highest BCUT2D eigenvalue weighted by Crippen LogP contribution is 2.33. The molecule has 2 aliphatic carbocycles. The molecule has 1 aromatic carbocycles. The predicted molar refractivity (Wildman–Crippen MR) is 130 cm³/mol. The van der Waals surface area contributed by atoms with Crippen molar-refractivity contribution in [2.24, 2.45) is 5.92 Å². The topological polar surface area (TPSA) is 58.2 Å². The number of pyridine rings is 1. The van der Waals surface area contributed by atoms with Gasteiger partial charge in [-0.3, -0.25) is 0 Å². The summed E-state index contributed by atoms with van der Waals surface area (Å²) in [4.78, 5) is 4.55. The Labute approximate surface area is 191 Å². The minimum Gasteiger partial charge on any atom is -0.385 e. The van der Waals surface area contributed by atoms with Crippen LogP contribution in [-0.2, 0) is 4.74 Å². The van der Waals surface area contributed by atoms with Gasteiger partial charge in [-0.25, -0.2) is 4.98 Å². The zero-order chi connectivity index (χ0) is 21.6. The number of aromatic nitrogens is 1. The summed E-state index contributed by atoms with van der Waals surface area (Å²) >= 11 is 6.53. The lowest BCUT2D eigenvalue weighted by atomic mass is 9.90. The molecule has 2 aliphatic rings. The highest BCUT2D eigenvalue weighted by Gasteiger charge is 2.23. The Morgan fingerprint density at radius 2 is 1.87 bits per heavy atom. The molecule has 6 heteroatoms. The molecule has 0 bridgehead atoms. The molecule has 2 aromatic rings. The third-order valence-electron chi connectivity index (χ3n) is 6.34. The molecule has 2 fully saturated rings. The van der Waals surface area contributed by atoms with Gasteiger partial charge in [0.05, 0.1) is 11.6 Å². The molecule has 31 heavy (non-hydrogen) atoms. The molecule has 2 saturated carbocycles. The molecule has 5 nitrogen and oxygen atoms in total. The predicted octanol–water partition coefficient (Wildman–Crippen LogP) is 5.57. The average molecular weight is 443 g/mol. The van der Waals surface area contributed by atoms with Gasteiger partial charge < -0.3 is 20.7 Å². The second-order valence-electron chi connectivity index (χ2n) is 9.17. The number of methoxy groups -OCH3 is 1. The van der Waals surface area contributed by atoms with Crippen molar-refractivity contribution < 1.29 is 4.74 Å². The Morgan fingerprint density at radius 1 is 1.10 bits per heavy atom. The molecule has 0 amide bonds. The van der Waals surface area contributed by atoms with Crippen LogP contribution in [-0.4, -0.2) is 43.4 Å². The fourth-order valence-corrected chi connectivity index (χ4v) is 4.65. The van der Waals surface area contributed by atoms with Gasteiger partial charge in [-0.1, -0.05) is 23.7 Å². The zero-order valence-corrected chi connectivity index (χ0v) is 19.4. The molecule has 1 unspecified atom stereocenters. The van der Waals surface area contributed by atoms with E-state index in [2.05, 4.69) is 58.2 Å². The Morgan fingerprint density at radius 3 is 2.61 bits per heavy atom. The van der Waals surface area contributed by atoms with Crippen LogP contribution < -0.4 is 16.0 Å². The minimum absolute atomic E-state index is 0.398. The van der Waals surface area contributed by atoms with E-state index >= 15 is 0 Å². The molecule has 168 valence electrons. The van der Waals surface area contributed by atoms with Gasteiger partial charge >= 0.3 is 0 Å². The van der Waals surface area contributed by atoms with Crippen molar-refractivity contribution >= 4 is 23.1 Å². The van der Waals surface area contributed by atoms with Crippen molar-refractivity contribution in [3.8, 4) is 11.1 Å². The lowest BCUT2D eigenvalue weighted by Gasteiger charge is -2.32. The SMILES string of the molecule is COCC(C)NC1CCC(Nc2cc(-c3cccc(NCC4CC4)c3)c(Cl)cn2)CC1. The maximum absolute atomic E-state index is 6.53. The van der Waals surface area contributed by atoms with Crippen molar-refractivity contribution in [2.75, 3.05) is 30.9 Å². The normalized spacial score (nSPS) is 22.2. The second-order valence-corrected chi connectivity index (χ2v) is 9.58. The lowest BCUT2D eigenvalue weighted by Crippen LogP contribution is -2.42. The number of hydrogen-bond donors (Lipinski definition) is 3. The Bertz CT molecular complexity index is 849. The number of halogens is 1.